The molecule has 2 N–H and O–H groups in total. The number of aliphatic hydroxyl groups is 1. The molecule has 0 saturated carbocycles. The number of allylic oxidation sites excluding steroid dienone is 1. The number of carbonyl (C=O) groups is 2. The molecule has 118 valence electrons. The van der Waals surface area contributed by atoms with Crippen LogP contribution in [0.2, 0.25) is 5.02 Å². The molecule has 0 atom stereocenters. The van der Waals surface area contributed by atoms with Crippen molar-refractivity contribution in [3.05, 3.63) is 76.5 Å². The van der Waals surface area contributed by atoms with Gasteiger partial charge in [-0.1, -0.05) is 35.9 Å². The number of carboxylic acid groups (broad SMARTS) is 1. The highest BCUT2D eigenvalue weighted by molar-refractivity contribution is 6.30. The summed E-state index contributed by atoms with van der Waals surface area (Å²) in [6.45, 7) is 0.272. The number of hydrogen-bond donors (Lipinski definition) is 2. The summed E-state index contributed by atoms with van der Waals surface area (Å²) in [5.74, 6) is -2.76. The second kappa shape index (κ2) is 7.47. The Balaban J connectivity index is 2.09. The van der Waals surface area contributed by atoms with E-state index in [1.165, 1.54) is 12.1 Å². The molecule has 0 aliphatic heterocycles. The molecular weight excluding hydrogens is 320 g/mol. The first kappa shape index (κ1) is 16.6. The molecule has 0 bridgehead atoms. The van der Waals surface area contributed by atoms with Gasteiger partial charge < -0.3 is 14.9 Å². The van der Waals surface area contributed by atoms with Gasteiger partial charge in [0.25, 0.3) is 0 Å². The van der Waals surface area contributed by atoms with Crippen molar-refractivity contribution in [2.24, 2.45) is 0 Å². The summed E-state index contributed by atoms with van der Waals surface area (Å²) >= 11 is 5.89. The number of aliphatic hydroxyl groups excluding tert-OH is 1. The minimum absolute atomic E-state index is 0.210. The molecule has 0 radical (unpaired) electrons. The molecule has 5 nitrogen and oxygen atoms in total. The number of rotatable bonds is 6. The van der Waals surface area contributed by atoms with Crippen LogP contribution in [-0.4, -0.2) is 22.0 Å². The van der Waals surface area contributed by atoms with Crippen LogP contribution in [0.5, 0.6) is 5.75 Å². The summed E-state index contributed by atoms with van der Waals surface area (Å²) in [4.78, 5) is 22.4. The lowest BCUT2D eigenvalue weighted by atomic mass is 10.1. The summed E-state index contributed by atoms with van der Waals surface area (Å²) in [6.07, 6.45) is 0.651. The van der Waals surface area contributed by atoms with Crippen molar-refractivity contribution < 1.29 is 24.5 Å². The zero-order chi connectivity index (χ0) is 16.8. The van der Waals surface area contributed by atoms with Crippen LogP contribution in [0.1, 0.15) is 15.9 Å². The Morgan fingerprint density at radius 3 is 2.52 bits per heavy atom. The average Bonchev–Trinajstić information content (AvgIpc) is 2.53. The molecule has 0 amide bonds. The topological polar surface area (TPSA) is 83.8 Å². The largest absolute Gasteiger partial charge is 0.502 e. The monoisotopic (exact) mass is 332 g/mol. The van der Waals surface area contributed by atoms with Crippen LogP contribution < -0.4 is 4.74 Å². The predicted molar refractivity (Wildman–Crippen MR) is 84.9 cm³/mol. The molecule has 0 fully saturated rings. The predicted octanol–water partition coefficient (Wildman–Crippen LogP) is 3.63. The van der Waals surface area contributed by atoms with Crippen molar-refractivity contribution in [2.45, 2.75) is 6.61 Å². The van der Waals surface area contributed by atoms with Gasteiger partial charge in [-0.3, -0.25) is 4.79 Å². The zero-order valence-corrected chi connectivity index (χ0v) is 12.7. The SMILES string of the molecule is O=C(O)/C(O)=C/C(=O)c1cccc(OCc2cccc(Cl)c2)c1. The number of ether oxygens (including phenoxy) is 1. The fraction of sp³-hybridized carbons (Fsp3) is 0.0588. The van der Waals surface area contributed by atoms with Crippen LogP contribution >= 0.6 is 11.6 Å². The van der Waals surface area contributed by atoms with Crippen LogP contribution in [0.15, 0.2) is 60.4 Å². The molecule has 0 spiro atoms. The van der Waals surface area contributed by atoms with Crippen LogP contribution in [0, 0.1) is 0 Å². The number of aliphatic carboxylic acids is 1. The van der Waals surface area contributed by atoms with E-state index in [9.17, 15) is 9.59 Å². The lowest BCUT2D eigenvalue weighted by Gasteiger charge is -2.07. The van der Waals surface area contributed by atoms with E-state index in [1.807, 2.05) is 6.07 Å². The van der Waals surface area contributed by atoms with Crippen LogP contribution in [0.25, 0.3) is 0 Å². The number of benzene rings is 2. The van der Waals surface area contributed by atoms with E-state index in [2.05, 4.69) is 0 Å². The molecule has 0 aliphatic rings. The van der Waals surface area contributed by atoms with Crippen LogP contribution in [0.3, 0.4) is 0 Å². The molecule has 6 heteroatoms. The Morgan fingerprint density at radius 2 is 1.83 bits per heavy atom. The summed E-state index contributed by atoms with van der Waals surface area (Å²) in [5.41, 5.74) is 1.08. The van der Waals surface area contributed by atoms with Crippen molar-refractivity contribution in [1.29, 1.82) is 0 Å². The molecule has 23 heavy (non-hydrogen) atoms. The highest BCUT2D eigenvalue weighted by Gasteiger charge is 2.10. The smallest absolute Gasteiger partial charge is 0.371 e. The Labute approximate surface area is 137 Å². The van der Waals surface area contributed by atoms with E-state index in [0.29, 0.717) is 16.8 Å². The third-order valence-corrected chi connectivity index (χ3v) is 3.14. The summed E-state index contributed by atoms with van der Waals surface area (Å²) in [7, 11) is 0. The molecule has 0 saturated heterocycles. The van der Waals surface area contributed by atoms with E-state index in [0.717, 1.165) is 5.56 Å². The Morgan fingerprint density at radius 1 is 1.09 bits per heavy atom. The molecule has 0 aliphatic carbocycles. The first-order valence-corrected chi connectivity index (χ1v) is 6.99. The van der Waals surface area contributed by atoms with Gasteiger partial charge in [0, 0.05) is 16.7 Å². The third-order valence-electron chi connectivity index (χ3n) is 2.90. The maximum atomic E-state index is 11.9. The van der Waals surface area contributed by atoms with Gasteiger partial charge in [0.15, 0.2) is 5.78 Å². The summed E-state index contributed by atoms with van der Waals surface area (Å²) < 4.78 is 5.58. The normalized spacial score (nSPS) is 11.1. The van der Waals surface area contributed by atoms with Crippen molar-refractivity contribution in [2.75, 3.05) is 0 Å². The van der Waals surface area contributed by atoms with E-state index in [1.54, 1.807) is 30.3 Å². The molecule has 2 rings (SSSR count). The van der Waals surface area contributed by atoms with E-state index in [4.69, 9.17) is 26.6 Å². The molecule has 0 unspecified atom stereocenters. The van der Waals surface area contributed by atoms with Crippen LogP contribution in [-0.2, 0) is 11.4 Å². The minimum Gasteiger partial charge on any atom is -0.502 e. The lowest BCUT2D eigenvalue weighted by Crippen LogP contribution is -2.04. The van der Waals surface area contributed by atoms with Gasteiger partial charge in [0.2, 0.25) is 5.76 Å². The number of carboxylic acids is 1. The van der Waals surface area contributed by atoms with Gasteiger partial charge in [0.1, 0.15) is 12.4 Å². The summed E-state index contributed by atoms with van der Waals surface area (Å²) in [5, 5.41) is 18.3. The fourth-order valence-electron chi connectivity index (χ4n) is 1.80. The standard InChI is InChI=1S/C17H13ClO5/c18-13-5-1-3-11(7-13)10-23-14-6-2-4-12(8-14)15(19)9-16(20)17(21)22/h1-9,20H,10H2,(H,21,22)/b16-9-. The van der Waals surface area contributed by atoms with Gasteiger partial charge in [-0.2, -0.15) is 0 Å². The number of ketones is 1. The lowest BCUT2D eigenvalue weighted by molar-refractivity contribution is -0.135. The molecule has 0 aromatic heterocycles. The van der Waals surface area contributed by atoms with Crippen molar-refractivity contribution >= 4 is 23.4 Å². The Kier molecular flexibility index (Phi) is 5.38. The van der Waals surface area contributed by atoms with Crippen molar-refractivity contribution in [1.82, 2.24) is 0 Å². The third kappa shape index (κ3) is 4.86. The Hall–Kier alpha value is -2.79. The fourth-order valence-corrected chi connectivity index (χ4v) is 2.01. The van der Waals surface area contributed by atoms with Crippen LogP contribution in [0.4, 0.5) is 0 Å². The second-order valence-electron chi connectivity index (χ2n) is 4.65. The van der Waals surface area contributed by atoms with Gasteiger partial charge in [-0.05, 0) is 29.8 Å². The number of hydrogen-bond acceptors (Lipinski definition) is 4. The molecule has 0 heterocycles. The highest BCUT2D eigenvalue weighted by atomic mass is 35.5. The molecule has 2 aromatic rings. The first-order chi connectivity index (χ1) is 11.0. The van der Waals surface area contributed by atoms with Gasteiger partial charge in [-0.15, -0.1) is 0 Å². The first-order valence-electron chi connectivity index (χ1n) is 6.61. The number of halogens is 1. The average molecular weight is 333 g/mol. The van der Waals surface area contributed by atoms with E-state index in [-0.39, 0.29) is 12.2 Å². The number of carbonyl (C=O) groups excluding carboxylic acids is 1. The second-order valence-corrected chi connectivity index (χ2v) is 5.08. The zero-order valence-electron chi connectivity index (χ0n) is 11.9. The van der Waals surface area contributed by atoms with Gasteiger partial charge in [-0.25, -0.2) is 4.79 Å². The van der Waals surface area contributed by atoms with E-state index >= 15 is 0 Å². The molecular formula is C17H13ClO5. The Bertz CT molecular complexity index is 767. The maximum Gasteiger partial charge on any atom is 0.371 e. The van der Waals surface area contributed by atoms with Gasteiger partial charge in [0.05, 0.1) is 0 Å². The highest BCUT2D eigenvalue weighted by Crippen LogP contribution is 2.17. The minimum atomic E-state index is -1.56. The maximum absolute atomic E-state index is 11.9. The van der Waals surface area contributed by atoms with E-state index < -0.39 is 17.5 Å². The van der Waals surface area contributed by atoms with Crippen molar-refractivity contribution in [3.8, 4) is 5.75 Å². The van der Waals surface area contributed by atoms with Gasteiger partial charge >= 0.3 is 5.97 Å². The quantitative estimate of drug-likeness (QED) is 0.479. The summed E-state index contributed by atoms with van der Waals surface area (Å²) in [6, 6.07) is 13.4. The molecule has 2 aromatic carbocycles. The van der Waals surface area contributed by atoms with Crippen molar-refractivity contribution in [3.63, 3.8) is 0 Å².